The summed E-state index contributed by atoms with van der Waals surface area (Å²) in [6, 6.07) is 8.14. The number of aromatic hydroxyl groups is 1. The van der Waals surface area contributed by atoms with E-state index in [-0.39, 0.29) is 5.75 Å². The molecule has 4 aromatic rings. The van der Waals surface area contributed by atoms with Crippen LogP contribution in [0, 0.1) is 13.8 Å². The summed E-state index contributed by atoms with van der Waals surface area (Å²) in [5.41, 5.74) is 5.45. The molecule has 164 valence electrons. The molecule has 0 radical (unpaired) electrons. The van der Waals surface area contributed by atoms with Gasteiger partial charge in [-0.3, -0.25) is 0 Å². The second-order valence-corrected chi connectivity index (χ2v) is 8.61. The van der Waals surface area contributed by atoms with Gasteiger partial charge in [-0.1, -0.05) is 6.07 Å². The van der Waals surface area contributed by atoms with E-state index in [4.69, 9.17) is 0 Å². The van der Waals surface area contributed by atoms with Crippen molar-refractivity contribution in [1.29, 1.82) is 0 Å². The molecular formula is C23H26N8O. The lowest BCUT2D eigenvalue weighted by Gasteiger charge is -2.35. The molecule has 0 spiro atoms. The van der Waals surface area contributed by atoms with E-state index in [1.165, 1.54) is 0 Å². The Balaban J connectivity index is 1.42. The lowest BCUT2D eigenvalue weighted by atomic mass is 10.0. The van der Waals surface area contributed by atoms with Crippen molar-refractivity contribution in [2.24, 2.45) is 0 Å². The molecule has 2 atom stereocenters. The zero-order valence-electron chi connectivity index (χ0n) is 18.6. The molecule has 9 nitrogen and oxygen atoms in total. The molecule has 0 aliphatic carbocycles. The second kappa shape index (κ2) is 7.83. The highest BCUT2D eigenvalue weighted by Gasteiger charge is 2.23. The first-order valence-electron chi connectivity index (χ1n) is 10.8. The van der Waals surface area contributed by atoms with Crippen LogP contribution >= 0.6 is 0 Å². The maximum atomic E-state index is 10.7. The molecule has 1 aromatic carbocycles. The molecular weight excluding hydrogens is 404 g/mol. The van der Waals surface area contributed by atoms with Crippen LogP contribution in [0.4, 0.5) is 5.95 Å². The minimum Gasteiger partial charge on any atom is -0.507 e. The van der Waals surface area contributed by atoms with E-state index >= 15 is 0 Å². The van der Waals surface area contributed by atoms with Gasteiger partial charge in [0.25, 0.3) is 0 Å². The highest BCUT2D eigenvalue weighted by Crippen LogP contribution is 2.32. The number of phenolic OH excluding ortho intramolecular Hbond substituents is 1. The van der Waals surface area contributed by atoms with Gasteiger partial charge in [-0.25, -0.2) is 14.5 Å². The van der Waals surface area contributed by atoms with Crippen LogP contribution < -0.4 is 10.2 Å². The minimum atomic E-state index is 0.108. The van der Waals surface area contributed by atoms with Gasteiger partial charge in [0.05, 0.1) is 23.8 Å². The van der Waals surface area contributed by atoms with E-state index in [9.17, 15) is 5.11 Å². The fourth-order valence-electron chi connectivity index (χ4n) is 4.32. The van der Waals surface area contributed by atoms with Crippen molar-refractivity contribution >= 4 is 11.6 Å². The van der Waals surface area contributed by atoms with Crippen LogP contribution in [0.1, 0.15) is 25.1 Å². The van der Waals surface area contributed by atoms with E-state index in [0.29, 0.717) is 29.3 Å². The highest BCUT2D eigenvalue weighted by atomic mass is 16.3. The number of hydrogen-bond acceptors (Lipinski definition) is 8. The summed E-state index contributed by atoms with van der Waals surface area (Å²) in [5.74, 6) is 0.714. The van der Waals surface area contributed by atoms with Gasteiger partial charge in [0, 0.05) is 36.3 Å². The van der Waals surface area contributed by atoms with Crippen molar-refractivity contribution in [3.05, 3.63) is 47.9 Å². The van der Waals surface area contributed by atoms with Crippen molar-refractivity contribution in [2.45, 2.75) is 39.8 Å². The third-order valence-electron chi connectivity index (χ3n) is 5.69. The summed E-state index contributed by atoms with van der Waals surface area (Å²) in [7, 11) is 0. The molecule has 2 N–H and O–H groups in total. The average Bonchev–Trinajstić information content (AvgIpc) is 3.14. The Hall–Kier alpha value is -3.59. The standard InChI is InChI=1S/C23H26N8O/c1-13-7-19(29-31-12-16(4)26-22(13)31)17-5-6-18(21(32)8-17)20-9-24-23(28-27-20)30-10-14(2)25-15(3)11-30/h5-9,12,14-15,25,32H,10-11H2,1-4H3/t14-,15+. The van der Waals surface area contributed by atoms with Gasteiger partial charge in [0.1, 0.15) is 11.4 Å². The van der Waals surface area contributed by atoms with Crippen LogP contribution in [0.15, 0.2) is 36.7 Å². The Kier molecular flexibility index (Phi) is 4.97. The van der Waals surface area contributed by atoms with Crippen LogP contribution in [0.25, 0.3) is 28.2 Å². The minimum absolute atomic E-state index is 0.108. The number of nitrogens with one attached hydrogen (secondary N) is 1. The van der Waals surface area contributed by atoms with Crippen LogP contribution in [0.5, 0.6) is 5.75 Å². The van der Waals surface area contributed by atoms with E-state index in [2.05, 4.69) is 49.3 Å². The molecule has 1 aliphatic heterocycles. The van der Waals surface area contributed by atoms with Crippen molar-refractivity contribution in [1.82, 2.24) is 35.1 Å². The van der Waals surface area contributed by atoms with E-state index in [1.54, 1.807) is 16.8 Å². The quantitative estimate of drug-likeness (QED) is 0.511. The first-order chi connectivity index (χ1) is 15.4. The smallest absolute Gasteiger partial charge is 0.245 e. The fourth-order valence-corrected chi connectivity index (χ4v) is 4.32. The average molecular weight is 431 g/mol. The molecule has 9 heteroatoms. The van der Waals surface area contributed by atoms with Crippen LogP contribution in [-0.4, -0.2) is 60.1 Å². The predicted molar refractivity (Wildman–Crippen MR) is 123 cm³/mol. The molecule has 32 heavy (non-hydrogen) atoms. The Morgan fingerprint density at radius 1 is 1.03 bits per heavy atom. The monoisotopic (exact) mass is 430 g/mol. The number of anilines is 1. The summed E-state index contributed by atoms with van der Waals surface area (Å²) >= 11 is 0. The van der Waals surface area contributed by atoms with E-state index in [1.807, 2.05) is 38.2 Å². The van der Waals surface area contributed by atoms with Gasteiger partial charge in [0.15, 0.2) is 5.65 Å². The van der Waals surface area contributed by atoms with E-state index < -0.39 is 0 Å². The normalized spacial score (nSPS) is 18.9. The maximum absolute atomic E-state index is 10.7. The number of aromatic nitrogens is 6. The molecule has 0 saturated carbocycles. The van der Waals surface area contributed by atoms with Gasteiger partial charge in [0.2, 0.25) is 5.95 Å². The molecule has 1 aliphatic rings. The molecule has 4 heterocycles. The predicted octanol–water partition coefficient (Wildman–Crippen LogP) is 2.76. The summed E-state index contributed by atoms with van der Waals surface area (Å²) in [6.07, 6.45) is 3.56. The van der Waals surface area contributed by atoms with Crippen molar-refractivity contribution in [2.75, 3.05) is 18.0 Å². The first kappa shape index (κ1) is 20.3. The number of fused-ring (bicyclic) bond motifs is 1. The molecule has 5 rings (SSSR count). The maximum Gasteiger partial charge on any atom is 0.245 e. The number of hydrogen-bond donors (Lipinski definition) is 2. The van der Waals surface area contributed by atoms with Gasteiger partial charge in [-0.05, 0) is 51.5 Å². The molecule has 0 unspecified atom stereocenters. The Morgan fingerprint density at radius 3 is 2.50 bits per heavy atom. The Bertz CT molecular complexity index is 1270. The topological polar surface area (TPSA) is 104 Å². The molecule has 1 saturated heterocycles. The van der Waals surface area contributed by atoms with Gasteiger partial charge in [-0.2, -0.15) is 5.10 Å². The fraction of sp³-hybridized carbons (Fsp3) is 0.348. The van der Waals surface area contributed by atoms with Gasteiger partial charge >= 0.3 is 0 Å². The third-order valence-corrected chi connectivity index (χ3v) is 5.69. The number of benzene rings is 1. The largest absolute Gasteiger partial charge is 0.507 e. The lowest BCUT2D eigenvalue weighted by Crippen LogP contribution is -2.54. The number of rotatable bonds is 3. The molecule has 0 amide bonds. The van der Waals surface area contributed by atoms with Crippen LogP contribution in [0.2, 0.25) is 0 Å². The molecule has 3 aromatic heterocycles. The van der Waals surface area contributed by atoms with Crippen molar-refractivity contribution in [3.63, 3.8) is 0 Å². The number of phenols is 1. The Labute approximate surface area is 186 Å². The first-order valence-corrected chi connectivity index (χ1v) is 10.8. The van der Waals surface area contributed by atoms with E-state index in [0.717, 1.165) is 41.3 Å². The third kappa shape index (κ3) is 3.75. The number of imidazole rings is 1. The number of piperazine rings is 1. The van der Waals surface area contributed by atoms with Crippen molar-refractivity contribution in [3.8, 4) is 28.3 Å². The lowest BCUT2D eigenvalue weighted by molar-refractivity contribution is 0.402. The zero-order chi connectivity index (χ0) is 22.4. The molecule has 0 bridgehead atoms. The highest BCUT2D eigenvalue weighted by molar-refractivity contribution is 5.73. The van der Waals surface area contributed by atoms with Gasteiger partial charge < -0.3 is 15.3 Å². The Morgan fingerprint density at radius 2 is 1.81 bits per heavy atom. The zero-order valence-corrected chi connectivity index (χ0v) is 18.6. The summed E-state index contributed by atoms with van der Waals surface area (Å²) < 4.78 is 1.77. The summed E-state index contributed by atoms with van der Waals surface area (Å²) in [6.45, 7) is 9.90. The summed E-state index contributed by atoms with van der Waals surface area (Å²) in [4.78, 5) is 11.1. The number of aryl methyl sites for hydroxylation is 2. The van der Waals surface area contributed by atoms with Crippen LogP contribution in [-0.2, 0) is 0 Å². The summed E-state index contributed by atoms with van der Waals surface area (Å²) in [5, 5.41) is 27.5. The van der Waals surface area contributed by atoms with Crippen LogP contribution in [0.3, 0.4) is 0 Å². The van der Waals surface area contributed by atoms with Crippen molar-refractivity contribution < 1.29 is 5.11 Å². The number of nitrogens with zero attached hydrogens (tertiary/aromatic N) is 7. The van der Waals surface area contributed by atoms with Gasteiger partial charge in [-0.15, -0.1) is 10.2 Å². The molecule has 1 fully saturated rings. The SMILES string of the molecule is Cc1cn2nc(-c3ccc(-c4cnc(N5C[C@@H](C)N[C@@H](C)C5)nn4)c(O)c3)cc(C)c2n1. The second-order valence-electron chi connectivity index (χ2n) is 8.61.